The van der Waals surface area contributed by atoms with Crippen LogP contribution in [-0.4, -0.2) is 68.6 Å². The van der Waals surface area contributed by atoms with E-state index in [4.69, 9.17) is 16.3 Å². The van der Waals surface area contributed by atoms with Crippen molar-refractivity contribution >= 4 is 29.2 Å². The van der Waals surface area contributed by atoms with Gasteiger partial charge < -0.3 is 14.5 Å². The molecule has 0 aliphatic carbocycles. The summed E-state index contributed by atoms with van der Waals surface area (Å²) in [7, 11) is 3.42. The number of nitrogens with zero attached hydrogens (tertiary/aromatic N) is 3. The Labute approximate surface area is 183 Å². The molecule has 1 fully saturated rings. The lowest BCUT2D eigenvalue weighted by Gasteiger charge is -2.38. The van der Waals surface area contributed by atoms with Crippen molar-refractivity contribution in [1.82, 2.24) is 9.80 Å². The van der Waals surface area contributed by atoms with Gasteiger partial charge in [0.2, 0.25) is 0 Å². The molecule has 0 aromatic heterocycles. The Morgan fingerprint density at radius 2 is 1.63 bits per heavy atom. The second-order valence-corrected chi connectivity index (χ2v) is 7.80. The number of carbonyl (C=O) groups excluding carboxylic acids is 2. The van der Waals surface area contributed by atoms with Gasteiger partial charge in [0, 0.05) is 56.0 Å². The van der Waals surface area contributed by atoms with E-state index in [-0.39, 0.29) is 11.9 Å². The largest absolute Gasteiger partial charge is 0.468 e. The summed E-state index contributed by atoms with van der Waals surface area (Å²) in [5.74, 6) is -0.297. The van der Waals surface area contributed by atoms with Crippen molar-refractivity contribution in [3.63, 3.8) is 0 Å². The molecule has 0 radical (unpaired) electrons. The van der Waals surface area contributed by atoms with Gasteiger partial charge in [-0.1, -0.05) is 23.7 Å². The van der Waals surface area contributed by atoms with E-state index >= 15 is 0 Å². The van der Waals surface area contributed by atoms with Crippen molar-refractivity contribution in [2.45, 2.75) is 13.0 Å². The van der Waals surface area contributed by atoms with Crippen LogP contribution in [0.4, 0.5) is 5.69 Å². The highest BCUT2D eigenvalue weighted by Gasteiger charge is 2.32. The summed E-state index contributed by atoms with van der Waals surface area (Å²) in [4.78, 5) is 31.4. The molecule has 30 heavy (non-hydrogen) atoms. The number of methoxy groups -OCH3 is 1. The van der Waals surface area contributed by atoms with Crippen LogP contribution in [0.5, 0.6) is 0 Å². The molecule has 1 atom stereocenters. The SMILES string of the molecule is CCN(C)c1ccc(C(=O)N2CCN([C@@H](C(=O)OC)c3ccc(Cl)cc3)CC2)cc1. The number of esters is 1. The molecular weight excluding hydrogens is 402 g/mol. The van der Waals surface area contributed by atoms with Gasteiger partial charge in [0.1, 0.15) is 6.04 Å². The van der Waals surface area contributed by atoms with Gasteiger partial charge >= 0.3 is 5.97 Å². The Morgan fingerprint density at radius 1 is 1.03 bits per heavy atom. The third kappa shape index (κ3) is 4.94. The summed E-state index contributed by atoms with van der Waals surface area (Å²) in [6.07, 6.45) is 0. The van der Waals surface area contributed by atoms with E-state index < -0.39 is 6.04 Å². The Bertz CT molecular complexity index is 862. The van der Waals surface area contributed by atoms with E-state index in [0.29, 0.717) is 36.8 Å². The fraction of sp³-hybridized carbons (Fsp3) is 0.391. The van der Waals surface area contributed by atoms with E-state index in [1.807, 2.05) is 48.3 Å². The summed E-state index contributed by atoms with van der Waals surface area (Å²) in [5, 5.41) is 0.619. The molecule has 2 aromatic carbocycles. The molecule has 1 saturated heterocycles. The van der Waals surface area contributed by atoms with Crippen molar-refractivity contribution in [3.8, 4) is 0 Å². The van der Waals surface area contributed by atoms with E-state index in [1.54, 1.807) is 12.1 Å². The maximum atomic E-state index is 12.9. The van der Waals surface area contributed by atoms with E-state index in [1.165, 1.54) is 7.11 Å². The fourth-order valence-corrected chi connectivity index (χ4v) is 3.79. The third-order valence-corrected chi connectivity index (χ3v) is 5.86. The van der Waals surface area contributed by atoms with Gasteiger partial charge in [0.25, 0.3) is 5.91 Å². The number of rotatable bonds is 6. The number of hydrogen-bond donors (Lipinski definition) is 0. The topological polar surface area (TPSA) is 53.1 Å². The molecule has 3 rings (SSSR count). The second kappa shape index (κ2) is 9.96. The van der Waals surface area contributed by atoms with Gasteiger partial charge in [0.05, 0.1) is 7.11 Å². The zero-order valence-corrected chi connectivity index (χ0v) is 18.4. The van der Waals surface area contributed by atoms with Crippen LogP contribution in [0.3, 0.4) is 0 Å². The van der Waals surface area contributed by atoms with Crippen LogP contribution < -0.4 is 4.90 Å². The zero-order valence-electron chi connectivity index (χ0n) is 17.7. The number of halogens is 1. The van der Waals surface area contributed by atoms with Crippen LogP contribution >= 0.6 is 11.6 Å². The smallest absolute Gasteiger partial charge is 0.327 e. The Morgan fingerprint density at radius 3 is 2.17 bits per heavy atom. The zero-order chi connectivity index (χ0) is 21.7. The average Bonchev–Trinajstić information content (AvgIpc) is 2.80. The molecule has 0 spiro atoms. The van der Waals surface area contributed by atoms with E-state index in [9.17, 15) is 9.59 Å². The van der Waals surface area contributed by atoms with Crippen LogP contribution in [0.25, 0.3) is 0 Å². The highest BCUT2D eigenvalue weighted by Crippen LogP contribution is 2.25. The van der Waals surface area contributed by atoms with Crippen LogP contribution in [0, 0.1) is 0 Å². The number of anilines is 1. The minimum absolute atomic E-state index is 0.0152. The van der Waals surface area contributed by atoms with Crippen molar-refractivity contribution in [1.29, 1.82) is 0 Å². The number of hydrogen-bond acceptors (Lipinski definition) is 5. The van der Waals surface area contributed by atoms with Gasteiger partial charge in [-0.15, -0.1) is 0 Å². The molecule has 0 bridgehead atoms. The Hall–Kier alpha value is -2.57. The summed E-state index contributed by atoms with van der Waals surface area (Å²) < 4.78 is 5.04. The van der Waals surface area contributed by atoms with Gasteiger partial charge in [0.15, 0.2) is 0 Å². The molecule has 6 nitrogen and oxygen atoms in total. The lowest BCUT2D eigenvalue weighted by atomic mass is 10.0. The lowest BCUT2D eigenvalue weighted by Crippen LogP contribution is -2.51. The average molecular weight is 430 g/mol. The molecule has 160 valence electrons. The van der Waals surface area contributed by atoms with E-state index in [2.05, 4.69) is 16.7 Å². The highest BCUT2D eigenvalue weighted by molar-refractivity contribution is 6.30. The molecular formula is C23H28ClN3O3. The summed E-state index contributed by atoms with van der Waals surface area (Å²) >= 11 is 5.99. The monoisotopic (exact) mass is 429 g/mol. The van der Waals surface area contributed by atoms with Crippen LogP contribution in [0.15, 0.2) is 48.5 Å². The number of ether oxygens (including phenoxy) is 1. The number of piperazine rings is 1. The minimum atomic E-state index is -0.506. The highest BCUT2D eigenvalue weighted by atomic mass is 35.5. The lowest BCUT2D eigenvalue weighted by molar-refractivity contribution is -0.148. The van der Waals surface area contributed by atoms with Gasteiger partial charge in [-0.25, -0.2) is 4.79 Å². The first-order valence-electron chi connectivity index (χ1n) is 10.1. The molecule has 0 saturated carbocycles. The Balaban J connectivity index is 1.67. The van der Waals surface area contributed by atoms with Crippen molar-refractivity contribution < 1.29 is 14.3 Å². The van der Waals surface area contributed by atoms with Crippen molar-refractivity contribution in [2.24, 2.45) is 0 Å². The van der Waals surface area contributed by atoms with Crippen LogP contribution in [0.2, 0.25) is 5.02 Å². The maximum Gasteiger partial charge on any atom is 0.327 e. The molecule has 1 aliphatic heterocycles. The van der Waals surface area contributed by atoms with Gasteiger partial charge in [-0.3, -0.25) is 9.69 Å². The predicted octanol–water partition coefficient (Wildman–Crippen LogP) is 3.47. The predicted molar refractivity (Wildman–Crippen MR) is 119 cm³/mol. The Kier molecular flexibility index (Phi) is 7.34. The molecule has 1 amide bonds. The summed E-state index contributed by atoms with van der Waals surface area (Å²) in [5.41, 5.74) is 2.60. The van der Waals surface area contributed by atoms with Gasteiger partial charge in [-0.2, -0.15) is 0 Å². The normalized spacial score (nSPS) is 15.5. The van der Waals surface area contributed by atoms with E-state index in [0.717, 1.165) is 17.8 Å². The van der Waals surface area contributed by atoms with Crippen molar-refractivity contribution in [2.75, 3.05) is 51.8 Å². The first kappa shape index (κ1) is 22.1. The molecule has 1 heterocycles. The van der Waals surface area contributed by atoms with Gasteiger partial charge in [-0.05, 0) is 48.9 Å². The number of carbonyl (C=O) groups is 2. The quantitative estimate of drug-likeness (QED) is 0.658. The van der Waals surface area contributed by atoms with Crippen LogP contribution in [0.1, 0.15) is 28.9 Å². The summed E-state index contributed by atoms with van der Waals surface area (Å²) in [6.45, 7) is 5.27. The molecule has 1 aliphatic rings. The number of benzene rings is 2. The fourth-order valence-electron chi connectivity index (χ4n) is 3.66. The first-order chi connectivity index (χ1) is 14.4. The summed E-state index contributed by atoms with van der Waals surface area (Å²) in [6, 6.07) is 14.4. The standard InChI is InChI=1S/C23H28ClN3O3/c1-4-25(2)20-11-7-18(8-12-20)22(28)27-15-13-26(14-16-27)21(23(29)30-3)17-5-9-19(24)10-6-17/h5-12,21H,4,13-16H2,1-3H3/t21-/m1/s1. The van der Waals surface area contributed by atoms with Crippen molar-refractivity contribution in [3.05, 3.63) is 64.7 Å². The number of amides is 1. The first-order valence-corrected chi connectivity index (χ1v) is 10.5. The second-order valence-electron chi connectivity index (χ2n) is 7.37. The maximum absolute atomic E-state index is 12.9. The molecule has 0 N–H and O–H groups in total. The van der Waals surface area contributed by atoms with Crippen LogP contribution in [-0.2, 0) is 9.53 Å². The molecule has 0 unspecified atom stereocenters. The molecule has 7 heteroatoms. The minimum Gasteiger partial charge on any atom is -0.468 e. The molecule has 2 aromatic rings. The third-order valence-electron chi connectivity index (χ3n) is 5.61.